The molecule has 4 rings (SSSR count). The molecule has 162 valence electrons. The molecule has 3 heterocycles. The van der Waals surface area contributed by atoms with Gasteiger partial charge >= 0.3 is 0 Å². The molecular formula is C23H32N4O2S. The van der Waals surface area contributed by atoms with Gasteiger partial charge in [0.2, 0.25) is 10.0 Å². The zero-order valence-corrected chi connectivity index (χ0v) is 18.9. The molecule has 0 amide bonds. The van der Waals surface area contributed by atoms with E-state index in [2.05, 4.69) is 11.8 Å². The highest BCUT2D eigenvalue weighted by atomic mass is 32.2. The average molecular weight is 429 g/mol. The van der Waals surface area contributed by atoms with Crippen molar-refractivity contribution in [1.82, 2.24) is 14.3 Å². The number of hydrogen-bond donors (Lipinski definition) is 0. The standard InChI is InChI=1S/C23H32N4O2S/c1-3-4-16-30(28,29)27-15-12-21-20(17-27)23(26-13-10-18(2)11-14-26)25-22(24-21)19-8-6-5-7-9-19/h5-9,18H,3-4,10-17H2,1-2H3. The number of benzene rings is 1. The Morgan fingerprint density at radius 2 is 1.80 bits per heavy atom. The zero-order chi connectivity index (χ0) is 21.1. The van der Waals surface area contributed by atoms with Gasteiger partial charge in [-0.25, -0.2) is 18.4 Å². The molecule has 7 heteroatoms. The van der Waals surface area contributed by atoms with Crippen molar-refractivity contribution >= 4 is 15.8 Å². The lowest BCUT2D eigenvalue weighted by atomic mass is 9.98. The molecule has 1 aromatic heterocycles. The minimum absolute atomic E-state index is 0.221. The van der Waals surface area contributed by atoms with Crippen LogP contribution in [0.15, 0.2) is 30.3 Å². The molecule has 1 saturated heterocycles. The highest BCUT2D eigenvalue weighted by molar-refractivity contribution is 7.89. The van der Waals surface area contributed by atoms with E-state index in [1.165, 1.54) is 0 Å². The van der Waals surface area contributed by atoms with E-state index in [4.69, 9.17) is 9.97 Å². The van der Waals surface area contributed by atoms with Crippen molar-refractivity contribution in [2.75, 3.05) is 30.3 Å². The van der Waals surface area contributed by atoms with E-state index in [0.29, 0.717) is 25.9 Å². The molecule has 0 bridgehead atoms. The summed E-state index contributed by atoms with van der Waals surface area (Å²) >= 11 is 0. The van der Waals surface area contributed by atoms with Gasteiger partial charge in [-0.2, -0.15) is 4.31 Å². The van der Waals surface area contributed by atoms with Crippen LogP contribution in [0.1, 0.15) is 50.8 Å². The smallest absolute Gasteiger partial charge is 0.214 e. The summed E-state index contributed by atoms with van der Waals surface area (Å²) < 4.78 is 27.3. The molecule has 30 heavy (non-hydrogen) atoms. The minimum Gasteiger partial charge on any atom is -0.356 e. The minimum atomic E-state index is -3.25. The summed E-state index contributed by atoms with van der Waals surface area (Å²) in [5.74, 6) is 2.61. The lowest BCUT2D eigenvalue weighted by Gasteiger charge is -2.35. The largest absolute Gasteiger partial charge is 0.356 e. The third-order valence-electron chi connectivity index (χ3n) is 6.27. The molecule has 0 atom stereocenters. The lowest BCUT2D eigenvalue weighted by molar-refractivity contribution is 0.383. The summed E-state index contributed by atoms with van der Waals surface area (Å²) in [7, 11) is -3.25. The van der Waals surface area contributed by atoms with Crippen LogP contribution in [0.3, 0.4) is 0 Å². The van der Waals surface area contributed by atoms with Gasteiger partial charge in [0.25, 0.3) is 0 Å². The Labute approximate surface area is 180 Å². The number of piperidine rings is 1. The fourth-order valence-electron chi connectivity index (χ4n) is 4.26. The van der Waals surface area contributed by atoms with Crippen LogP contribution >= 0.6 is 0 Å². The maximum Gasteiger partial charge on any atom is 0.214 e. The van der Waals surface area contributed by atoms with Crippen LogP contribution in [-0.2, 0) is 23.0 Å². The van der Waals surface area contributed by atoms with Crippen molar-refractivity contribution in [2.24, 2.45) is 5.92 Å². The van der Waals surface area contributed by atoms with Crippen LogP contribution in [0.4, 0.5) is 5.82 Å². The van der Waals surface area contributed by atoms with Gasteiger partial charge in [-0.1, -0.05) is 50.6 Å². The number of nitrogens with zero attached hydrogens (tertiary/aromatic N) is 4. The Balaban J connectivity index is 1.71. The predicted molar refractivity (Wildman–Crippen MR) is 121 cm³/mol. The fraction of sp³-hybridized carbons (Fsp3) is 0.565. The van der Waals surface area contributed by atoms with Crippen molar-refractivity contribution < 1.29 is 8.42 Å². The Morgan fingerprint density at radius 3 is 2.50 bits per heavy atom. The molecule has 2 aliphatic rings. The van der Waals surface area contributed by atoms with E-state index in [0.717, 1.165) is 66.7 Å². The number of unbranched alkanes of at least 4 members (excludes halogenated alkanes) is 1. The Kier molecular flexibility index (Phi) is 6.39. The number of fused-ring (bicyclic) bond motifs is 1. The molecule has 0 spiro atoms. The first-order valence-corrected chi connectivity index (χ1v) is 12.8. The van der Waals surface area contributed by atoms with Crippen LogP contribution in [0, 0.1) is 5.92 Å². The molecule has 6 nitrogen and oxygen atoms in total. The quantitative estimate of drug-likeness (QED) is 0.699. The fourth-order valence-corrected chi connectivity index (χ4v) is 5.87. The molecule has 0 unspecified atom stereocenters. The maximum atomic E-state index is 12.8. The van der Waals surface area contributed by atoms with Crippen molar-refractivity contribution in [3.8, 4) is 11.4 Å². The van der Waals surface area contributed by atoms with Gasteiger partial charge in [0.1, 0.15) is 5.82 Å². The Morgan fingerprint density at radius 1 is 1.07 bits per heavy atom. The number of anilines is 1. The van der Waals surface area contributed by atoms with E-state index < -0.39 is 10.0 Å². The van der Waals surface area contributed by atoms with Gasteiger partial charge in [-0.3, -0.25) is 0 Å². The molecule has 0 aliphatic carbocycles. The highest BCUT2D eigenvalue weighted by Gasteiger charge is 2.31. The third kappa shape index (κ3) is 4.52. The molecule has 0 radical (unpaired) electrons. The first-order valence-electron chi connectivity index (χ1n) is 11.2. The van der Waals surface area contributed by atoms with Gasteiger partial charge in [-0.15, -0.1) is 0 Å². The van der Waals surface area contributed by atoms with E-state index in [1.807, 2.05) is 37.3 Å². The molecule has 2 aliphatic heterocycles. The van der Waals surface area contributed by atoms with Crippen LogP contribution in [-0.4, -0.2) is 48.1 Å². The molecule has 0 saturated carbocycles. The number of hydrogen-bond acceptors (Lipinski definition) is 5. The van der Waals surface area contributed by atoms with Crippen LogP contribution in [0.5, 0.6) is 0 Å². The molecule has 0 N–H and O–H groups in total. The van der Waals surface area contributed by atoms with Crippen LogP contribution in [0.2, 0.25) is 0 Å². The number of aromatic nitrogens is 2. The van der Waals surface area contributed by atoms with Crippen molar-refractivity contribution in [2.45, 2.75) is 52.5 Å². The second-order valence-corrected chi connectivity index (χ2v) is 10.7. The second-order valence-electron chi connectivity index (χ2n) is 8.58. The monoisotopic (exact) mass is 428 g/mol. The summed E-state index contributed by atoms with van der Waals surface area (Å²) in [5.41, 5.74) is 3.00. The molecule has 2 aromatic rings. The van der Waals surface area contributed by atoms with Gasteiger partial charge in [0, 0.05) is 43.7 Å². The Hall–Kier alpha value is -1.99. The summed E-state index contributed by atoms with van der Waals surface area (Å²) in [6, 6.07) is 10.1. The number of rotatable bonds is 6. The average Bonchev–Trinajstić information content (AvgIpc) is 2.78. The van der Waals surface area contributed by atoms with Gasteiger partial charge in [-0.05, 0) is 25.2 Å². The maximum absolute atomic E-state index is 12.8. The van der Waals surface area contributed by atoms with Crippen LogP contribution in [0.25, 0.3) is 11.4 Å². The summed E-state index contributed by atoms with van der Waals surface area (Å²) in [6.07, 6.45) is 4.49. The summed E-state index contributed by atoms with van der Waals surface area (Å²) in [6.45, 7) is 7.13. The normalized spacial score (nSPS) is 18.4. The predicted octanol–water partition coefficient (Wildman–Crippen LogP) is 3.87. The van der Waals surface area contributed by atoms with Crippen molar-refractivity contribution in [1.29, 1.82) is 0 Å². The van der Waals surface area contributed by atoms with E-state index in [1.54, 1.807) is 4.31 Å². The molecule has 1 aromatic carbocycles. The number of sulfonamides is 1. The van der Waals surface area contributed by atoms with E-state index in [9.17, 15) is 8.42 Å². The van der Waals surface area contributed by atoms with Crippen molar-refractivity contribution in [3.05, 3.63) is 41.6 Å². The summed E-state index contributed by atoms with van der Waals surface area (Å²) in [4.78, 5) is 12.2. The summed E-state index contributed by atoms with van der Waals surface area (Å²) in [5, 5.41) is 0. The Bertz CT molecular complexity index is 970. The van der Waals surface area contributed by atoms with Crippen molar-refractivity contribution in [3.63, 3.8) is 0 Å². The molecule has 1 fully saturated rings. The lowest BCUT2D eigenvalue weighted by Crippen LogP contribution is -2.40. The van der Waals surface area contributed by atoms with Crippen LogP contribution < -0.4 is 4.90 Å². The SMILES string of the molecule is CCCCS(=O)(=O)N1CCc2nc(-c3ccccc3)nc(N3CCC(C)CC3)c2C1. The first kappa shape index (κ1) is 21.2. The van der Waals surface area contributed by atoms with E-state index in [-0.39, 0.29) is 5.75 Å². The first-order chi connectivity index (χ1) is 14.5. The third-order valence-corrected chi connectivity index (χ3v) is 8.17. The van der Waals surface area contributed by atoms with E-state index >= 15 is 0 Å². The highest BCUT2D eigenvalue weighted by Crippen LogP contribution is 2.33. The zero-order valence-electron chi connectivity index (χ0n) is 18.0. The van der Waals surface area contributed by atoms with Gasteiger partial charge in [0.15, 0.2) is 5.82 Å². The van der Waals surface area contributed by atoms with Gasteiger partial charge in [0.05, 0.1) is 11.4 Å². The van der Waals surface area contributed by atoms with Gasteiger partial charge < -0.3 is 4.90 Å². The topological polar surface area (TPSA) is 66.4 Å². The second kappa shape index (κ2) is 9.02. The molecular weight excluding hydrogens is 396 g/mol.